The second-order valence-electron chi connectivity index (χ2n) is 3.61. The van der Waals surface area contributed by atoms with Crippen LogP contribution >= 0.6 is 0 Å². The van der Waals surface area contributed by atoms with Gasteiger partial charge in [-0.1, -0.05) is 0 Å². The van der Waals surface area contributed by atoms with Crippen LogP contribution in [0.4, 0.5) is 0 Å². The van der Waals surface area contributed by atoms with Crippen LogP contribution in [0.1, 0.15) is 21.7 Å². The molecule has 2 heterocycles. The van der Waals surface area contributed by atoms with Crippen molar-refractivity contribution in [1.82, 2.24) is 9.38 Å². The van der Waals surface area contributed by atoms with Crippen molar-refractivity contribution < 1.29 is 4.79 Å². The lowest BCUT2D eigenvalue weighted by Gasteiger charge is -2.00. The number of pyridine rings is 1. The van der Waals surface area contributed by atoms with Gasteiger partial charge in [0.05, 0.1) is 12.2 Å². The number of hydrogen-bond donors (Lipinski definition) is 1. The SMILES string of the molecule is Cc1ccn2c(C(=O)CN)c(C)nc2c1. The van der Waals surface area contributed by atoms with Gasteiger partial charge in [0.15, 0.2) is 5.78 Å². The van der Waals surface area contributed by atoms with E-state index in [4.69, 9.17) is 5.73 Å². The number of aromatic nitrogens is 2. The number of nitrogens with zero attached hydrogens (tertiary/aromatic N) is 2. The van der Waals surface area contributed by atoms with E-state index in [1.54, 1.807) is 4.40 Å². The van der Waals surface area contributed by atoms with E-state index in [1.165, 1.54) is 0 Å². The number of hydrogen-bond acceptors (Lipinski definition) is 3. The molecule has 0 aromatic carbocycles. The second kappa shape index (κ2) is 3.47. The first-order valence-corrected chi connectivity index (χ1v) is 4.82. The van der Waals surface area contributed by atoms with Gasteiger partial charge < -0.3 is 5.73 Å². The predicted octanol–water partition coefficient (Wildman–Crippen LogP) is 1.09. The van der Waals surface area contributed by atoms with Crippen LogP contribution in [-0.2, 0) is 0 Å². The Morgan fingerprint density at radius 3 is 2.93 bits per heavy atom. The predicted molar refractivity (Wildman–Crippen MR) is 58.1 cm³/mol. The minimum atomic E-state index is -0.0798. The maximum atomic E-state index is 11.6. The van der Waals surface area contributed by atoms with Crippen LogP contribution in [-0.4, -0.2) is 21.7 Å². The van der Waals surface area contributed by atoms with Gasteiger partial charge in [-0.25, -0.2) is 4.98 Å². The molecule has 2 aromatic heterocycles. The van der Waals surface area contributed by atoms with Crippen molar-refractivity contribution in [2.75, 3.05) is 6.54 Å². The third-order valence-corrected chi connectivity index (χ3v) is 2.41. The van der Waals surface area contributed by atoms with E-state index in [-0.39, 0.29) is 12.3 Å². The van der Waals surface area contributed by atoms with E-state index in [0.29, 0.717) is 5.69 Å². The summed E-state index contributed by atoms with van der Waals surface area (Å²) < 4.78 is 1.79. The van der Waals surface area contributed by atoms with Gasteiger partial charge in [-0.05, 0) is 31.5 Å². The number of nitrogens with two attached hydrogens (primary N) is 1. The van der Waals surface area contributed by atoms with Crippen LogP contribution in [0.3, 0.4) is 0 Å². The van der Waals surface area contributed by atoms with Gasteiger partial charge in [-0.2, -0.15) is 0 Å². The molecule has 0 aliphatic heterocycles. The molecule has 2 N–H and O–H groups in total. The molecule has 4 nitrogen and oxygen atoms in total. The Morgan fingerprint density at radius 1 is 1.53 bits per heavy atom. The molecule has 0 saturated heterocycles. The fraction of sp³-hybridized carbons (Fsp3) is 0.273. The van der Waals surface area contributed by atoms with E-state index in [1.807, 2.05) is 32.2 Å². The summed E-state index contributed by atoms with van der Waals surface area (Å²) in [4.78, 5) is 15.9. The molecule has 0 spiro atoms. The molecule has 2 rings (SSSR count). The van der Waals surface area contributed by atoms with Gasteiger partial charge in [-0.3, -0.25) is 9.20 Å². The van der Waals surface area contributed by atoms with Crippen LogP contribution in [0.25, 0.3) is 5.65 Å². The lowest BCUT2D eigenvalue weighted by atomic mass is 10.2. The number of rotatable bonds is 2. The summed E-state index contributed by atoms with van der Waals surface area (Å²) in [6.45, 7) is 3.84. The molecule has 2 aromatic rings. The van der Waals surface area contributed by atoms with E-state index in [0.717, 1.165) is 16.9 Å². The minimum Gasteiger partial charge on any atom is -0.324 e. The number of aryl methyl sites for hydroxylation is 2. The van der Waals surface area contributed by atoms with Gasteiger partial charge in [-0.15, -0.1) is 0 Å². The van der Waals surface area contributed by atoms with Crippen LogP contribution in [0.5, 0.6) is 0 Å². The summed E-state index contributed by atoms with van der Waals surface area (Å²) in [6, 6.07) is 3.89. The Hall–Kier alpha value is -1.68. The normalized spacial score (nSPS) is 10.9. The molecule has 4 heteroatoms. The highest BCUT2D eigenvalue weighted by atomic mass is 16.1. The molecule has 15 heavy (non-hydrogen) atoms. The van der Waals surface area contributed by atoms with Gasteiger partial charge in [0.1, 0.15) is 11.3 Å². The highest BCUT2D eigenvalue weighted by Crippen LogP contribution is 2.13. The van der Waals surface area contributed by atoms with E-state index in [9.17, 15) is 4.79 Å². The van der Waals surface area contributed by atoms with Gasteiger partial charge in [0, 0.05) is 6.20 Å². The summed E-state index contributed by atoms with van der Waals surface area (Å²) in [7, 11) is 0. The fourth-order valence-corrected chi connectivity index (χ4v) is 1.70. The highest BCUT2D eigenvalue weighted by Gasteiger charge is 2.14. The Kier molecular flexibility index (Phi) is 2.28. The van der Waals surface area contributed by atoms with E-state index >= 15 is 0 Å². The zero-order chi connectivity index (χ0) is 11.0. The lowest BCUT2D eigenvalue weighted by Crippen LogP contribution is -2.16. The first-order chi connectivity index (χ1) is 7.13. The summed E-state index contributed by atoms with van der Waals surface area (Å²) in [5.74, 6) is -0.0798. The number of carbonyl (C=O) groups is 1. The topological polar surface area (TPSA) is 60.4 Å². The third-order valence-electron chi connectivity index (χ3n) is 2.41. The van der Waals surface area contributed by atoms with Gasteiger partial charge >= 0.3 is 0 Å². The number of carbonyl (C=O) groups excluding carboxylic acids is 1. The molecule has 0 fully saturated rings. The zero-order valence-corrected chi connectivity index (χ0v) is 8.82. The van der Waals surface area contributed by atoms with E-state index in [2.05, 4.69) is 4.98 Å². The molecule has 0 unspecified atom stereocenters. The molecule has 0 aliphatic rings. The lowest BCUT2D eigenvalue weighted by molar-refractivity contribution is 0.0995. The van der Waals surface area contributed by atoms with Crippen LogP contribution < -0.4 is 5.73 Å². The van der Waals surface area contributed by atoms with E-state index < -0.39 is 0 Å². The fourth-order valence-electron chi connectivity index (χ4n) is 1.70. The largest absolute Gasteiger partial charge is 0.324 e. The Labute approximate surface area is 87.7 Å². The number of ketones is 1. The molecular formula is C11H13N3O. The average Bonchev–Trinajstić information content (AvgIpc) is 2.52. The summed E-state index contributed by atoms with van der Waals surface area (Å²) in [5.41, 5.74) is 8.61. The average molecular weight is 203 g/mol. The third kappa shape index (κ3) is 1.53. The molecule has 0 bridgehead atoms. The van der Waals surface area contributed by atoms with Crippen molar-refractivity contribution >= 4 is 11.4 Å². The number of fused-ring (bicyclic) bond motifs is 1. The minimum absolute atomic E-state index is 0.0164. The molecule has 0 aliphatic carbocycles. The molecule has 78 valence electrons. The van der Waals surface area contributed by atoms with Crippen LogP contribution in [0, 0.1) is 13.8 Å². The first kappa shape index (κ1) is 9.86. The van der Waals surface area contributed by atoms with Crippen molar-refractivity contribution in [3.63, 3.8) is 0 Å². The second-order valence-corrected chi connectivity index (χ2v) is 3.61. The van der Waals surface area contributed by atoms with Crippen LogP contribution in [0.15, 0.2) is 18.3 Å². The smallest absolute Gasteiger partial charge is 0.194 e. The standard InChI is InChI=1S/C11H13N3O/c1-7-3-4-14-10(5-7)13-8(2)11(14)9(15)6-12/h3-5H,6,12H2,1-2H3. The summed E-state index contributed by atoms with van der Waals surface area (Å²) in [5, 5.41) is 0. The number of Topliss-reactive ketones (excluding diaryl/α,β-unsaturated/α-hetero) is 1. The summed E-state index contributed by atoms with van der Waals surface area (Å²) in [6.07, 6.45) is 1.85. The van der Waals surface area contributed by atoms with Crippen molar-refractivity contribution in [2.45, 2.75) is 13.8 Å². The Bertz CT molecular complexity index is 528. The van der Waals surface area contributed by atoms with Gasteiger partial charge in [0.25, 0.3) is 0 Å². The van der Waals surface area contributed by atoms with Crippen molar-refractivity contribution in [3.8, 4) is 0 Å². The molecule has 0 atom stereocenters. The van der Waals surface area contributed by atoms with Crippen molar-refractivity contribution in [1.29, 1.82) is 0 Å². The Morgan fingerprint density at radius 2 is 2.27 bits per heavy atom. The Balaban J connectivity index is 2.73. The first-order valence-electron chi connectivity index (χ1n) is 4.82. The maximum Gasteiger partial charge on any atom is 0.194 e. The van der Waals surface area contributed by atoms with Gasteiger partial charge in [0.2, 0.25) is 0 Å². The monoisotopic (exact) mass is 203 g/mol. The molecule has 0 saturated carbocycles. The molecular weight excluding hydrogens is 190 g/mol. The summed E-state index contributed by atoms with van der Waals surface area (Å²) >= 11 is 0. The van der Waals surface area contributed by atoms with Crippen molar-refractivity contribution in [3.05, 3.63) is 35.3 Å². The molecule has 0 radical (unpaired) electrons. The van der Waals surface area contributed by atoms with Crippen LogP contribution in [0.2, 0.25) is 0 Å². The molecule has 0 amide bonds. The maximum absolute atomic E-state index is 11.6. The highest BCUT2D eigenvalue weighted by molar-refractivity contribution is 5.97. The zero-order valence-electron chi connectivity index (χ0n) is 8.82. The van der Waals surface area contributed by atoms with Crippen molar-refractivity contribution in [2.24, 2.45) is 5.73 Å². The quantitative estimate of drug-likeness (QED) is 0.743. The number of imidazole rings is 1.